The predicted octanol–water partition coefficient (Wildman–Crippen LogP) is 1.53. The Morgan fingerprint density at radius 1 is 1.33 bits per heavy atom. The number of hydrogen-bond acceptors (Lipinski definition) is 7. The van der Waals surface area contributed by atoms with Crippen molar-refractivity contribution in [1.29, 1.82) is 0 Å². The van der Waals surface area contributed by atoms with Gasteiger partial charge in [-0.15, -0.1) is 11.8 Å². The third-order valence-corrected chi connectivity index (χ3v) is 6.28. The molecule has 3 atom stereocenters. The van der Waals surface area contributed by atoms with E-state index in [1.54, 1.807) is 20.1 Å². The van der Waals surface area contributed by atoms with Crippen LogP contribution in [0.25, 0.3) is 0 Å². The topological polar surface area (TPSA) is 105 Å². The predicted molar refractivity (Wildman–Crippen MR) is 114 cm³/mol. The minimum Gasteiger partial charge on any atom is -0.479 e. The van der Waals surface area contributed by atoms with Gasteiger partial charge < -0.3 is 19.5 Å². The summed E-state index contributed by atoms with van der Waals surface area (Å²) in [6.07, 6.45) is 2.73. The fourth-order valence-corrected chi connectivity index (χ4v) is 4.20. The van der Waals surface area contributed by atoms with E-state index in [4.69, 9.17) is 9.47 Å². The number of hydrogen-bond donors (Lipinski definition) is 2. The highest BCUT2D eigenvalue weighted by Crippen LogP contribution is 2.31. The molecule has 1 saturated heterocycles. The monoisotopic (exact) mass is 438 g/mol. The molecule has 9 heteroatoms. The summed E-state index contributed by atoms with van der Waals surface area (Å²) >= 11 is 1.06. The van der Waals surface area contributed by atoms with Crippen molar-refractivity contribution in [2.45, 2.75) is 43.6 Å². The van der Waals surface area contributed by atoms with Crippen LogP contribution in [0.4, 0.5) is 0 Å². The number of carboxylic acid groups (broad SMARTS) is 1. The van der Waals surface area contributed by atoms with E-state index in [1.165, 1.54) is 4.90 Å². The Bertz CT molecular complexity index is 731. The van der Waals surface area contributed by atoms with Crippen LogP contribution in [-0.2, 0) is 30.3 Å². The van der Waals surface area contributed by atoms with Gasteiger partial charge in [0.15, 0.2) is 0 Å². The quantitative estimate of drug-likeness (QED) is 0.530. The molecule has 30 heavy (non-hydrogen) atoms. The van der Waals surface area contributed by atoms with Crippen molar-refractivity contribution in [2.24, 2.45) is 0 Å². The van der Waals surface area contributed by atoms with Crippen LogP contribution in [0.5, 0.6) is 0 Å². The first-order valence-corrected chi connectivity index (χ1v) is 11.2. The Hall–Kier alpha value is -2.10. The maximum absolute atomic E-state index is 13.1. The SMILES string of the molecule is CCOC(=O)C(CCc1ccccc1)NC(C)C(=O)N1CCOCC1(SC)C(=O)O. The first-order chi connectivity index (χ1) is 14.4. The first kappa shape index (κ1) is 24.2. The summed E-state index contributed by atoms with van der Waals surface area (Å²) < 4.78 is 10.5. The van der Waals surface area contributed by atoms with E-state index in [0.717, 1.165) is 17.3 Å². The number of ether oxygens (including phenoxy) is 2. The molecule has 2 N–H and O–H groups in total. The van der Waals surface area contributed by atoms with Gasteiger partial charge in [-0.05, 0) is 38.5 Å². The molecule has 0 aromatic heterocycles. The maximum atomic E-state index is 13.1. The van der Waals surface area contributed by atoms with E-state index in [9.17, 15) is 19.5 Å². The van der Waals surface area contributed by atoms with Crippen LogP contribution in [0.15, 0.2) is 30.3 Å². The molecule has 1 heterocycles. The molecule has 1 amide bonds. The average molecular weight is 439 g/mol. The fourth-order valence-electron chi connectivity index (χ4n) is 3.42. The number of amides is 1. The second-order valence-corrected chi connectivity index (χ2v) is 8.14. The van der Waals surface area contributed by atoms with Crippen molar-refractivity contribution >= 4 is 29.6 Å². The smallest absolute Gasteiger partial charge is 0.342 e. The summed E-state index contributed by atoms with van der Waals surface area (Å²) in [4.78, 5) is 37.4. The van der Waals surface area contributed by atoms with Gasteiger partial charge in [0, 0.05) is 6.54 Å². The van der Waals surface area contributed by atoms with Gasteiger partial charge >= 0.3 is 11.9 Å². The summed E-state index contributed by atoms with van der Waals surface area (Å²) in [5.74, 6) is -1.94. The third kappa shape index (κ3) is 5.74. The molecular weight excluding hydrogens is 408 g/mol. The number of aryl methyl sites for hydroxylation is 1. The van der Waals surface area contributed by atoms with Gasteiger partial charge in [-0.2, -0.15) is 0 Å². The number of morpholine rings is 1. The lowest BCUT2D eigenvalue weighted by atomic mass is 10.0. The van der Waals surface area contributed by atoms with Gasteiger partial charge in [0.05, 0.1) is 25.9 Å². The van der Waals surface area contributed by atoms with Gasteiger partial charge in [-0.1, -0.05) is 30.3 Å². The highest BCUT2D eigenvalue weighted by atomic mass is 32.2. The molecule has 166 valence electrons. The van der Waals surface area contributed by atoms with Gasteiger partial charge in [-0.25, -0.2) is 4.79 Å². The van der Waals surface area contributed by atoms with E-state index >= 15 is 0 Å². The zero-order valence-corrected chi connectivity index (χ0v) is 18.4. The molecule has 0 aliphatic carbocycles. The number of nitrogens with zero attached hydrogens (tertiary/aromatic N) is 1. The minimum absolute atomic E-state index is 0.0860. The van der Waals surface area contributed by atoms with Crippen LogP contribution in [0.2, 0.25) is 0 Å². The van der Waals surface area contributed by atoms with Crippen molar-refractivity contribution in [3.05, 3.63) is 35.9 Å². The Balaban J connectivity index is 2.12. The lowest BCUT2D eigenvalue weighted by molar-refractivity contribution is -0.163. The Morgan fingerprint density at radius 3 is 2.63 bits per heavy atom. The number of rotatable bonds is 10. The fraction of sp³-hybridized carbons (Fsp3) is 0.571. The molecule has 1 aromatic rings. The molecular formula is C21H30N2O6S. The van der Waals surface area contributed by atoms with E-state index in [-0.39, 0.29) is 32.3 Å². The van der Waals surface area contributed by atoms with Crippen LogP contribution < -0.4 is 5.32 Å². The molecule has 3 unspecified atom stereocenters. The van der Waals surface area contributed by atoms with Crippen molar-refractivity contribution < 1.29 is 29.0 Å². The molecule has 1 aromatic carbocycles. The lowest BCUT2D eigenvalue weighted by Gasteiger charge is -2.43. The molecule has 1 fully saturated rings. The number of esters is 1. The number of aliphatic carboxylic acids is 1. The Labute approximate surface area is 181 Å². The zero-order valence-electron chi connectivity index (χ0n) is 17.6. The average Bonchev–Trinajstić information content (AvgIpc) is 2.76. The van der Waals surface area contributed by atoms with Crippen molar-refractivity contribution in [2.75, 3.05) is 32.6 Å². The molecule has 8 nitrogen and oxygen atoms in total. The van der Waals surface area contributed by atoms with Gasteiger partial charge in [0.25, 0.3) is 0 Å². The number of benzene rings is 1. The van der Waals surface area contributed by atoms with Crippen LogP contribution in [0.1, 0.15) is 25.8 Å². The summed E-state index contributed by atoms with van der Waals surface area (Å²) in [7, 11) is 0. The molecule has 0 spiro atoms. The van der Waals surface area contributed by atoms with Crippen molar-refractivity contribution in [1.82, 2.24) is 10.2 Å². The largest absolute Gasteiger partial charge is 0.479 e. The normalized spacial score (nSPS) is 21.0. The van der Waals surface area contributed by atoms with E-state index in [2.05, 4.69) is 5.32 Å². The van der Waals surface area contributed by atoms with Gasteiger partial charge in [0.1, 0.15) is 6.04 Å². The number of thioether (sulfide) groups is 1. The van der Waals surface area contributed by atoms with Crippen LogP contribution >= 0.6 is 11.8 Å². The van der Waals surface area contributed by atoms with Gasteiger partial charge in [0.2, 0.25) is 10.8 Å². The lowest BCUT2D eigenvalue weighted by Crippen LogP contribution is -2.64. The van der Waals surface area contributed by atoms with Crippen molar-refractivity contribution in [3.8, 4) is 0 Å². The Kier molecular flexibility index (Phi) is 9.13. The molecule has 2 rings (SSSR count). The number of carbonyl (C=O) groups is 3. The zero-order chi connectivity index (χ0) is 22.1. The second-order valence-electron chi connectivity index (χ2n) is 7.05. The Morgan fingerprint density at radius 2 is 2.03 bits per heavy atom. The number of nitrogens with one attached hydrogen (secondary N) is 1. The molecule has 0 bridgehead atoms. The molecule has 1 aliphatic rings. The van der Waals surface area contributed by atoms with E-state index in [0.29, 0.717) is 12.8 Å². The first-order valence-electron chi connectivity index (χ1n) is 10.00. The molecule has 0 saturated carbocycles. The second kappa shape index (κ2) is 11.3. The standard InChI is InChI=1S/C21H30N2O6S/c1-4-29-19(25)17(11-10-16-8-6-5-7-9-16)22-15(2)18(24)23-12-13-28-14-21(23,30-3)20(26)27/h5-9,15,17,22H,4,10-14H2,1-3H3,(H,26,27). The summed E-state index contributed by atoms with van der Waals surface area (Å²) in [5, 5.41) is 12.8. The summed E-state index contributed by atoms with van der Waals surface area (Å²) in [6, 6.07) is 8.29. The van der Waals surface area contributed by atoms with E-state index < -0.39 is 28.9 Å². The molecule has 1 aliphatic heterocycles. The minimum atomic E-state index is -1.48. The highest BCUT2D eigenvalue weighted by molar-refractivity contribution is 8.00. The summed E-state index contributed by atoms with van der Waals surface area (Å²) in [5.41, 5.74) is 1.08. The van der Waals surface area contributed by atoms with Crippen LogP contribution in [0.3, 0.4) is 0 Å². The molecule has 0 radical (unpaired) electrons. The summed E-state index contributed by atoms with van der Waals surface area (Å²) in [6.45, 7) is 3.96. The highest BCUT2D eigenvalue weighted by Gasteiger charge is 2.49. The maximum Gasteiger partial charge on any atom is 0.342 e. The van der Waals surface area contributed by atoms with Crippen LogP contribution in [0, 0.1) is 0 Å². The van der Waals surface area contributed by atoms with E-state index in [1.807, 2.05) is 30.3 Å². The number of carboxylic acids is 1. The number of carbonyl (C=O) groups excluding carboxylic acids is 2. The third-order valence-electron chi connectivity index (χ3n) is 5.09. The van der Waals surface area contributed by atoms with Crippen LogP contribution in [-0.4, -0.2) is 77.4 Å². The van der Waals surface area contributed by atoms with Crippen molar-refractivity contribution in [3.63, 3.8) is 0 Å². The van der Waals surface area contributed by atoms with Gasteiger partial charge in [-0.3, -0.25) is 14.9 Å².